The number of aromatic nitrogens is 1. The van der Waals surface area contributed by atoms with Gasteiger partial charge in [0.25, 0.3) is 10.0 Å². The summed E-state index contributed by atoms with van der Waals surface area (Å²) in [6.07, 6.45) is 0. The molecular weight excluding hydrogens is 403 g/mol. The van der Waals surface area contributed by atoms with Crippen LogP contribution in [0, 0.1) is 0 Å². The lowest BCUT2D eigenvalue weighted by Gasteiger charge is -2.10. The second-order valence-corrected chi connectivity index (χ2v) is 9.27. The number of rotatable bonds is 4. The number of sulfonamides is 1. The summed E-state index contributed by atoms with van der Waals surface area (Å²) in [4.78, 5) is 12.0. The van der Waals surface area contributed by atoms with Gasteiger partial charge in [-0.25, -0.2) is 8.42 Å². The van der Waals surface area contributed by atoms with Gasteiger partial charge in [-0.15, -0.1) is 0 Å². The van der Waals surface area contributed by atoms with E-state index in [2.05, 4.69) is 4.72 Å². The Labute approximate surface area is 158 Å². The zero-order valence-corrected chi connectivity index (χ0v) is 16.4. The molecule has 132 valence electrons. The highest BCUT2D eigenvalue weighted by Gasteiger charge is 2.18. The first-order valence-electron chi connectivity index (χ1n) is 7.31. The zero-order valence-electron chi connectivity index (χ0n) is 13.3. The molecule has 0 radical (unpaired) electrons. The van der Waals surface area contributed by atoms with Crippen molar-refractivity contribution in [3.63, 3.8) is 0 Å². The third-order valence-corrected chi connectivity index (χ3v) is 6.26. The van der Waals surface area contributed by atoms with Crippen molar-refractivity contribution in [2.45, 2.75) is 24.8 Å². The molecule has 0 aliphatic carbocycles. The summed E-state index contributed by atoms with van der Waals surface area (Å²) in [5.74, 6) is 0. The van der Waals surface area contributed by atoms with Gasteiger partial charge in [-0.3, -0.25) is 14.1 Å². The normalized spacial score (nSPS) is 12.0. The maximum absolute atomic E-state index is 12.6. The molecule has 1 heterocycles. The monoisotopic (exact) mass is 416 g/mol. The van der Waals surface area contributed by atoms with E-state index < -0.39 is 10.0 Å². The van der Waals surface area contributed by atoms with Crippen molar-refractivity contribution in [1.29, 1.82) is 0 Å². The first kappa shape index (κ1) is 18.3. The van der Waals surface area contributed by atoms with Gasteiger partial charge in [0, 0.05) is 16.1 Å². The van der Waals surface area contributed by atoms with E-state index in [0.29, 0.717) is 14.7 Å². The van der Waals surface area contributed by atoms with Crippen molar-refractivity contribution >= 4 is 60.5 Å². The molecule has 0 fully saturated rings. The fourth-order valence-corrected chi connectivity index (χ4v) is 5.22. The lowest BCUT2D eigenvalue weighted by molar-refractivity contribution is 0.601. The molecule has 9 heteroatoms. The maximum atomic E-state index is 12.6. The van der Waals surface area contributed by atoms with Gasteiger partial charge in [0.05, 0.1) is 20.8 Å². The van der Waals surface area contributed by atoms with Crippen LogP contribution in [0.3, 0.4) is 0 Å². The van der Waals surface area contributed by atoms with E-state index >= 15 is 0 Å². The Bertz CT molecular complexity index is 1100. The molecule has 0 saturated heterocycles. The molecule has 0 amide bonds. The fourth-order valence-electron chi connectivity index (χ4n) is 2.50. The molecule has 0 saturated carbocycles. The highest BCUT2D eigenvalue weighted by molar-refractivity contribution is 7.92. The first-order valence-corrected chi connectivity index (χ1v) is 10.4. The number of halogens is 2. The molecule has 0 atom stereocenters. The predicted octanol–water partition coefficient (Wildman–Crippen LogP) is 4.75. The van der Waals surface area contributed by atoms with Gasteiger partial charge < -0.3 is 0 Å². The van der Waals surface area contributed by atoms with Gasteiger partial charge in [0.15, 0.2) is 0 Å². The van der Waals surface area contributed by atoms with Gasteiger partial charge in [-0.2, -0.15) is 0 Å². The topological polar surface area (TPSA) is 68.2 Å². The number of benzene rings is 2. The van der Waals surface area contributed by atoms with E-state index in [9.17, 15) is 13.2 Å². The van der Waals surface area contributed by atoms with Crippen LogP contribution < -0.4 is 9.60 Å². The average Bonchev–Trinajstić information content (AvgIpc) is 2.80. The Hall–Kier alpha value is -1.54. The Balaban J connectivity index is 2.04. The minimum absolute atomic E-state index is 0.00423. The van der Waals surface area contributed by atoms with Crippen molar-refractivity contribution < 1.29 is 8.42 Å². The van der Waals surface area contributed by atoms with Gasteiger partial charge in [-0.1, -0.05) is 34.5 Å². The Morgan fingerprint density at radius 3 is 2.32 bits per heavy atom. The average molecular weight is 417 g/mol. The summed E-state index contributed by atoms with van der Waals surface area (Å²) < 4.78 is 29.9. The SMILES string of the molecule is CC(C)n1c(=O)sc2cc(S(=O)(=O)Nc3cc(Cl)cc(Cl)c3)ccc21. The molecule has 0 bridgehead atoms. The van der Waals surface area contributed by atoms with Crippen LogP contribution in [0.25, 0.3) is 10.2 Å². The van der Waals surface area contributed by atoms with E-state index in [1.165, 1.54) is 30.3 Å². The maximum Gasteiger partial charge on any atom is 0.308 e. The van der Waals surface area contributed by atoms with E-state index in [-0.39, 0.29) is 21.5 Å². The standard InChI is InChI=1S/C16H14Cl2N2O3S2/c1-9(2)20-14-4-3-13(8-15(14)24-16(20)21)25(22,23)19-12-6-10(17)5-11(18)7-12/h3-9,19H,1-2H3. The third-order valence-electron chi connectivity index (χ3n) is 3.53. The lowest BCUT2D eigenvalue weighted by Crippen LogP contribution is -2.15. The smallest absolute Gasteiger partial charge is 0.296 e. The Kier molecular flexibility index (Phi) is 4.85. The minimum Gasteiger partial charge on any atom is -0.296 e. The summed E-state index contributed by atoms with van der Waals surface area (Å²) in [6, 6.07) is 9.06. The van der Waals surface area contributed by atoms with E-state index in [0.717, 1.165) is 16.9 Å². The van der Waals surface area contributed by atoms with Crippen molar-refractivity contribution in [3.05, 3.63) is 56.1 Å². The number of nitrogens with zero attached hydrogens (tertiary/aromatic N) is 1. The third kappa shape index (κ3) is 3.69. The van der Waals surface area contributed by atoms with Gasteiger partial charge in [0.2, 0.25) is 0 Å². The molecule has 5 nitrogen and oxygen atoms in total. The number of hydrogen-bond donors (Lipinski definition) is 1. The van der Waals surface area contributed by atoms with Crippen molar-refractivity contribution in [1.82, 2.24) is 4.57 Å². The van der Waals surface area contributed by atoms with Crippen LogP contribution in [-0.4, -0.2) is 13.0 Å². The number of thiazole rings is 1. The van der Waals surface area contributed by atoms with Crippen molar-refractivity contribution in [3.8, 4) is 0 Å². The van der Waals surface area contributed by atoms with E-state index in [1.807, 2.05) is 13.8 Å². The molecule has 1 N–H and O–H groups in total. The Morgan fingerprint density at radius 1 is 1.08 bits per heavy atom. The summed E-state index contributed by atoms with van der Waals surface area (Å²) >= 11 is 12.8. The molecular formula is C16H14Cl2N2O3S2. The number of anilines is 1. The van der Waals surface area contributed by atoms with Crippen molar-refractivity contribution in [2.75, 3.05) is 4.72 Å². The van der Waals surface area contributed by atoms with Crippen LogP contribution >= 0.6 is 34.5 Å². The number of fused-ring (bicyclic) bond motifs is 1. The highest BCUT2D eigenvalue weighted by atomic mass is 35.5. The summed E-state index contributed by atoms with van der Waals surface area (Å²) in [6.45, 7) is 3.81. The zero-order chi connectivity index (χ0) is 18.4. The van der Waals surface area contributed by atoms with E-state index in [1.54, 1.807) is 10.6 Å². The first-order chi connectivity index (χ1) is 11.7. The second kappa shape index (κ2) is 6.64. The van der Waals surface area contributed by atoms with Crippen LogP contribution in [0.4, 0.5) is 5.69 Å². The molecule has 3 rings (SSSR count). The number of nitrogens with one attached hydrogen (secondary N) is 1. The molecule has 0 aliphatic rings. The lowest BCUT2D eigenvalue weighted by atomic mass is 10.3. The largest absolute Gasteiger partial charge is 0.308 e. The quantitative estimate of drug-likeness (QED) is 0.666. The highest BCUT2D eigenvalue weighted by Crippen LogP contribution is 2.27. The second-order valence-electron chi connectivity index (χ2n) is 5.72. The predicted molar refractivity (Wildman–Crippen MR) is 104 cm³/mol. The van der Waals surface area contributed by atoms with E-state index in [4.69, 9.17) is 23.2 Å². The van der Waals surface area contributed by atoms with Gasteiger partial charge in [0.1, 0.15) is 0 Å². The molecule has 2 aromatic carbocycles. The Morgan fingerprint density at radius 2 is 1.72 bits per heavy atom. The van der Waals surface area contributed by atoms with Gasteiger partial charge in [-0.05, 0) is 50.2 Å². The van der Waals surface area contributed by atoms with Crippen LogP contribution in [0.15, 0.2) is 46.1 Å². The van der Waals surface area contributed by atoms with Crippen LogP contribution in [0.5, 0.6) is 0 Å². The summed E-state index contributed by atoms with van der Waals surface area (Å²) in [5, 5.41) is 0.653. The molecule has 0 spiro atoms. The summed E-state index contributed by atoms with van der Waals surface area (Å²) in [7, 11) is -3.83. The molecule has 0 unspecified atom stereocenters. The summed E-state index contributed by atoms with van der Waals surface area (Å²) in [5.41, 5.74) is 0.986. The minimum atomic E-state index is -3.83. The van der Waals surface area contributed by atoms with Crippen molar-refractivity contribution in [2.24, 2.45) is 0 Å². The molecule has 1 aromatic heterocycles. The van der Waals surface area contributed by atoms with Crippen LogP contribution in [0.2, 0.25) is 10.0 Å². The molecule has 3 aromatic rings. The fraction of sp³-hybridized carbons (Fsp3) is 0.188. The number of hydrogen-bond acceptors (Lipinski definition) is 4. The molecule has 0 aliphatic heterocycles. The molecule has 25 heavy (non-hydrogen) atoms. The van der Waals surface area contributed by atoms with Gasteiger partial charge >= 0.3 is 4.87 Å². The van der Waals surface area contributed by atoms with Crippen LogP contribution in [-0.2, 0) is 10.0 Å². The van der Waals surface area contributed by atoms with Crippen LogP contribution in [0.1, 0.15) is 19.9 Å².